The zero-order valence-corrected chi connectivity index (χ0v) is 19.6. The zero-order chi connectivity index (χ0) is 22.2. The van der Waals surface area contributed by atoms with E-state index in [9.17, 15) is 14.7 Å². The van der Waals surface area contributed by atoms with E-state index in [1.807, 2.05) is 6.92 Å². The van der Waals surface area contributed by atoms with Crippen molar-refractivity contribution in [1.29, 1.82) is 0 Å². The Hall–Kier alpha value is -1.49. The maximum Gasteiger partial charge on any atom is 0.179 e. The summed E-state index contributed by atoms with van der Waals surface area (Å²) in [4.78, 5) is 24.9. The van der Waals surface area contributed by atoms with E-state index in [4.69, 9.17) is 0 Å². The van der Waals surface area contributed by atoms with Gasteiger partial charge in [0.25, 0.3) is 0 Å². The quantitative estimate of drug-likeness (QED) is 0.668. The maximum atomic E-state index is 13.3. The predicted molar refractivity (Wildman–Crippen MR) is 121 cm³/mol. The highest BCUT2D eigenvalue weighted by atomic mass is 16.3. The van der Waals surface area contributed by atoms with E-state index in [1.54, 1.807) is 16.9 Å². The lowest BCUT2D eigenvalue weighted by Crippen LogP contribution is -2.44. The second-order valence-electron chi connectivity index (χ2n) is 11.3. The van der Waals surface area contributed by atoms with Crippen LogP contribution in [0.15, 0.2) is 12.3 Å². The number of hydrogen-bond acceptors (Lipinski definition) is 4. The molecule has 3 aliphatic rings. The third kappa shape index (κ3) is 4.67. The van der Waals surface area contributed by atoms with Gasteiger partial charge in [0.05, 0.1) is 12.1 Å². The molecule has 0 bridgehead atoms. The number of rotatable bonds is 4. The third-order valence-electron chi connectivity index (χ3n) is 9.09. The van der Waals surface area contributed by atoms with Crippen LogP contribution in [0, 0.1) is 29.1 Å². The van der Waals surface area contributed by atoms with Gasteiger partial charge in [-0.2, -0.15) is 5.10 Å². The average molecular weight is 429 g/mol. The van der Waals surface area contributed by atoms with E-state index in [-0.39, 0.29) is 29.4 Å². The van der Waals surface area contributed by atoms with Crippen LogP contribution in [0.5, 0.6) is 0 Å². The van der Waals surface area contributed by atoms with E-state index in [2.05, 4.69) is 12.0 Å². The summed E-state index contributed by atoms with van der Waals surface area (Å²) in [6, 6.07) is 1.71. The fourth-order valence-electron chi connectivity index (χ4n) is 7.35. The number of nitrogens with zero attached hydrogens (tertiary/aromatic N) is 2. The Kier molecular flexibility index (Phi) is 6.44. The lowest BCUT2D eigenvalue weighted by Gasteiger charge is -2.49. The summed E-state index contributed by atoms with van der Waals surface area (Å²) in [7, 11) is 0. The van der Waals surface area contributed by atoms with Crippen LogP contribution in [0.2, 0.25) is 0 Å². The molecule has 172 valence electrons. The summed E-state index contributed by atoms with van der Waals surface area (Å²) < 4.78 is 1.65. The van der Waals surface area contributed by atoms with Crippen molar-refractivity contribution in [3.05, 3.63) is 18.0 Å². The van der Waals surface area contributed by atoms with Gasteiger partial charge in [0, 0.05) is 19.0 Å². The Labute approximate surface area is 187 Å². The minimum absolute atomic E-state index is 0.0603. The Morgan fingerprint density at radius 3 is 2.58 bits per heavy atom. The molecule has 5 nitrogen and oxygen atoms in total. The first-order valence-electron chi connectivity index (χ1n) is 12.5. The Morgan fingerprint density at radius 1 is 1.06 bits per heavy atom. The summed E-state index contributed by atoms with van der Waals surface area (Å²) in [5.74, 6) is 2.47. The fraction of sp³-hybridized carbons (Fsp3) is 0.808. The largest absolute Gasteiger partial charge is 0.390 e. The number of ketones is 2. The van der Waals surface area contributed by atoms with E-state index >= 15 is 0 Å². The maximum absolute atomic E-state index is 13.3. The lowest BCUT2D eigenvalue weighted by atomic mass is 9.55. The first-order chi connectivity index (χ1) is 14.7. The number of fused-ring (bicyclic) bond motifs is 3. The molecule has 0 spiro atoms. The smallest absolute Gasteiger partial charge is 0.179 e. The molecule has 5 heteroatoms. The second-order valence-corrected chi connectivity index (χ2v) is 11.3. The molecule has 0 amide bonds. The van der Waals surface area contributed by atoms with Crippen molar-refractivity contribution in [1.82, 2.24) is 9.78 Å². The first kappa shape index (κ1) is 22.7. The van der Waals surface area contributed by atoms with E-state index in [0.717, 1.165) is 50.4 Å². The highest BCUT2D eigenvalue weighted by molar-refractivity contribution is 5.92. The van der Waals surface area contributed by atoms with Crippen LogP contribution >= 0.6 is 0 Å². The number of carbonyl (C=O) groups is 2. The van der Waals surface area contributed by atoms with Crippen LogP contribution < -0.4 is 0 Å². The molecular weight excluding hydrogens is 388 g/mol. The minimum atomic E-state index is -0.490. The van der Waals surface area contributed by atoms with E-state index in [1.165, 1.54) is 39.0 Å². The lowest BCUT2D eigenvalue weighted by molar-refractivity contribution is -0.129. The Bertz CT molecular complexity index is 813. The molecule has 0 aromatic carbocycles. The van der Waals surface area contributed by atoms with Gasteiger partial charge in [0.2, 0.25) is 0 Å². The minimum Gasteiger partial charge on any atom is -0.390 e. The molecular formula is C26H40N2O3. The molecule has 3 saturated carbocycles. The van der Waals surface area contributed by atoms with Gasteiger partial charge in [-0.15, -0.1) is 0 Å². The van der Waals surface area contributed by atoms with Gasteiger partial charge in [0.1, 0.15) is 5.69 Å². The highest BCUT2D eigenvalue weighted by Gasteiger charge is 2.55. The molecule has 1 N–H and O–H groups in total. The molecule has 0 radical (unpaired) electrons. The molecule has 6 atom stereocenters. The first-order valence-corrected chi connectivity index (χ1v) is 12.5. The summed E-state index contributed by atoms with van der Waals surface area (Å²) in [6.07, 6.45) is 14.0. The van der Waals surface area contributed by atoms with Crippen LogP contribution in [-0.2, 0) is 11.3 Å². The molecule has 31 heavy (non-hydrogen) atoms. The predicted octanol–water partition coefficient (Wildman–Crippen LogP) is 5.21. The van der Waals surface area contributed by atoms with Crippen LogP contribution in [0.1, 0.15) is 102 Å². The molecule has 1 heterocycles. The summed E-state index contributed by atoms with van der Waals surface area (Å²) in [5, 5.41) is 14.9. The van der Waals surface area contributed by atoms with Gasteiger partial charge in [-0.1, -0.05) is 32.6 Å². The number of aromatic nitrogens is 2. The molecule has 1 aromatic heterocycles. The third-order valence-corrected chi connectivity index (χ3v) is 9.09. The van der Waals surface area contributed by atoms with Gasteiger partial charge in [-0.05, 0) is 81.1 Å². The van der Waals surface area contributed by atoms with Crippen molar-refractivity contribution in [3.8, 4) is 0 Å². The normalized spacial score (nSPS) is 38.8. The molecule has 6 unspecified atom stereocenters. The number of carbonyl (C=O) groups excluding carboxylic acids is 2. The number of aliphatic hydroxyl groups is 1. The monoisotopic (exact) mass is 428 g/mol. The molecule has 3 aliphatic carbocycles. The summed E-state index contributed by atoms with van der Waals surface area (Å²) in [5.41, 5.74) is 0.0457. The molecule has 0 saturated heterocycles. The van der Waals surface area contributed by atoms with Gasteiger partial charge in [-0.3, -0.25) is 14.3 Å². The second kappa shape index (κ2) is 8.80. The SMILES string of the molecule is CC(=O)c1ccn(CC(=O)C2CCC3C4CCCCC(C)(O)CCCC4CCC23C)n1. The molecule has 0 aliphatic heterocycles. The van der Waals surface area contributed by atoms with Crippen molar-refractivity contribution < 1.29 is 14.7 Å². The molecule has 4 rings (SSSR count). The van der Waals surface area contributed by atoms with E-state index in [0.29, 0.717) is 11.6 Å². The topological polar surface area (TPSA) is 72.2 Å². The van der Waals surface area contributed by atoms with Gasteiger partial charge in [0.15, 0.2) is 11.6 Å². The Balaban J connectivity index is 1.45. The van der Waals surface area contributed by atoms with Gasteiger partial charge < -0.3 is 5.11 Å². The van der Waals surface area contributed by atoms with Crippen molar-refractivity contribution >= 4 is 11.6 Å². The molecule has 3 fully saturated rings. The van der Waals surface area contributed by atoms with Crippen molar-refractivity contribution in [2.24, 2.45) is 29.1 Å². The summed E-state index contributed by atoms with van der Waals surface area (Å²) in [6.45, 7) is 6.19. The van der Waals surface area contributed by atoms with Crippen LogP contribution in [-0.4, -0.2) is 32.1 Å². The standard InChI is InChI=1S/C26H40N2O3/c1-18(29)23-12-16-28(27-23)17-24(30)22-10-9-21-20-8-4-5-13-25(2,31)14-6-7-19(20)11-15-26(21,22)3/h12,16,19-22,31H,4-11,13-15,17H2,1-3H3. The van der Waals surface area contributed by atoms with Gasteiger partial charge >= 0.3 is 0 Å². The van der Waals surface area contributed by atoms with Crippen molar-refractivity contribution in [2.75, 3.05) is 0 Å². The van der Waals surface area contributed by atoms with Gasteiger partial charge in [-0.25, -0.2) is 0 Å². The van der Waals surface area contributed by atoms with E-state index < -0.39 is 5.60 Å². The summed E-state index contributed by atoms with van der Waals surface area (Å²) >= 11 is 0. The average Bonchev–Trinajstić information content (AvgIpc) is 3.30. The van der Waals surface area contributed by atoms with Crippen LogP contribution in [0.3, 0.4) is 0 Å². The Morgan fingerprint density at radius 2 is 1.84 bits per heavy atom. The number of hydrogen-bond donors (Lipinski definition) is 1. The van der Waals surface area contributed by atoms with Crippen LogP contribution in [0.25, 0.3) is 0 Å². The van der Waals surface area contributed by atoms with Crippen LogP contribution in [0.4, 0.5) is 0 Å². The van der Waals surface area contributed by atoms with Crippen molar-refractivity contribution in [3.63, 3.8) is 0 Å². The zero-order valence-electron chi connectivity index (χ0n) is 19.6. The number of Topliss-reactive ketones (excluding diaryl/α,β-unsaturated/α-hetero) is 2. The molecule has 1 aromatic rings. The highest BCUT2D eigenvalue weighted by Crippen LogP contribution is 2.61. The van der Waals surface area contributed by atoms with Crippen molar-refractivity contribution in [2.45, 2.75) is 104 Å². The fourth-order valence-corrected chi connectivity index (χ4v) is 7.35.